The zero-order valence-electron chi connectivity index (χ0n) is 24.9. The van der Waals surface area contributed by atoms with Crippen molar-refractivity contribution >= 4 is 37.1 Å². The molecule has 1 saturated heterocycles. The number of ether oxygens (including phenoxy) is 3. The molecule has 2 aliphatic rings. The summed E-state index contributed by atoms with van der Waals surface area (Å²) < 4.78 is 36.7. The molecule has 13 heteroatoms. The fourth-order valence-corrected chi connectivity index (χ4v) is 6.65. The average molecular weight is 687 g/mol. The van der Waals surface area contributed by atoms with Crippen LogP contribution in [-0.2, 0) is 39.3 Å². The van der Waals surface area contributed by atoms with E-state index in [0.717, 1.165) is 37.4 Å². The molecule has 0 amide bonds. The summed E-state index contributed by atoms with van der Waals surface area (Å²) >= 11 is 12.8. The standard InChI is InChI=1S/C33H34Cl2N3O7P/c34-27-6-10-31(32(35)19-27)33(22-38-16-13-36-23-38)43-17-12-30(44-33)21-42-29-9-5-26-20-37(15-11-25(26)18-29)14-1-2-24-3-7-28(8-4-24)45-46(39,40)41/h1-10,13,16,18-19,23,30H,11-12,14-15,17,20-22H2,(H2,39,40,41)/b2-1+/t30-,33+/m0/s1. The average Bonchev–Trinajstić information content (AvgIpc) is 3.53. The second kappa shape index (κ2) is 14.3. The predicted molar refractivity (Wildman–Crippen MR) is 175 cm³/mol. The van der Waals surface area contributed by atoms with E-state index in [1.165, 1.54) is 23.3 Å². The van der Waals surface area contributed by atoms with Crippen LogP contribution in [0.5, 0.6) is 11.5 Å². The van der Waals surface area contributed by atoms with Crippen LogP contribution in [0.1, 0.15) is 28.7 Å². The molecule has 0 spiro atoms. The molecule has 0 radical (unpaired) electrons. The lowest BCUT2D eigenvalue weighted by atomic mass is 9.99. The highest BCUT2D eigenvalue weighted by Gasteiger charge is 2.42. The molecule has 0 bridgehead atoms. The van der Waals surface area contributed by atoms with Crippen LogP contribution < -0.4 is 9.26 Å². The van der Waals surface area contributed by atoms with Crippen molar-refractivity contribution in [2.24, 2.45) is 0 Å². The Morgan fingerprint density at radius 2 is 1.89 bits per heavy atom. The molecule has 0 aliphatic carbocycles. The van der Waals surface area contributed by atoms with E-state index in [2.05, 4.69) is 32.6 Å². The van der Waals surface area contributed by atoms with Gasteiger partial charge in [-0.25, -0.2) is 9.55 Å². The third kappa shape index (κ3) is 8.39. The molecule has 0 unspecified atom stereocenters. The van der Waals surface area contributed by atoms with Crippen molar-refractivity contribution in [3.63, 3.8) is 0 Å². The molecule has 46 heavy (non-hydrogen) atoms. The molecule has 6 rings (SSSR count). The summed E-state index contributed by atoms with van der Waals surface area (Å²) in [5, 5.41) is 1.01. The van der Waals surface area contributed by atoms with Crippen molar-refractivity contribution in [2.75, 3.05) is 26.3 Å². The van der Waals surface area contributed by atoms with Gasteiger partial charge >= 0.3 is 7.82 Å². The van der Waals surface area contributed by atoms with Crippen molar-refractivity contribution in [2.45, 2.75) is 37.8 Å². The van der Waals surface area contributed by atoms with Crippen LogP contribution >= 0.6 is 31.0 Å². The SMILES string of the molecule is O=P(O)(O)Oc1ccc(/C=C/CN2CCc3cc(OC[C@@H]4CCO[C@@](Cn5ccnc5)(c5ccc(Cl)cc5Cl)O4)ccc3C2)cc1. The summed E-state index contributed by atoms with van der Waals surface area (Å²) in [6.45, 7) is 3.73. The summed E-state index contributed by atoms with van der Waals surface area (Å²) in [6.07, 6.45) is 10.7. The van der Waals surface area contributed by atoms with E-state index >= 15 is 0 Å². The molecule has 1 fully saturated rings. The minimum Gasteiger partial charge on any atom is -0.491 e. The van der Waals surface area contributed by atoms with E-state index in [1.807, 2.05) is 29.0 Å². The summed E-state index contributed by atoms with van der Waals surface area (Å²) in [4.78, 5) is 24.4. The van der Waals surface area contributed by atoms with E-state index in [0.29, 0.717) is 41.8 Å². The molecular formula is C33H34Cl2N3O7P. The van der Waals surface area contributed by atoms with E-state index in [9.17, 15) is 4.57 Å². The number of hydrogen-bond acceptors (Lipinski definition) is 7. The molecule has 0 saturated carbocycles. The minimum absolute atomic E-state index is 0.128. The van der Waals surface area contributed by atoms with Crippen LogP contribution in [0.15, 0.2) is 85.5 Å². The molecular weight excluding hydrogens is 652 g/mol. The van der Waals surface area contributed by atoms with Crippen LogP contribution in [0.3, 0.4) is 0 Å². The fraction of sp³-hybridized carbons (Fsp3) is 0.303. The Bertz CT molecular complexity index is 1710. The maximum atomic E-state index is 11.0. The van der Waals surface area contributed by atoms with E-state index in [-0.39, 0.29) is 11.9 Å². The number of halogens is 2. The van der Waals surface area contributed by atoms with Crippen LogP contribution in [0, 0.1) is 0 Å². The van der Waals surface area contributed by atoms with Gasteiger partial charge < -0.3 is 23.3 Å². The molecule has 10 nitrogen and oxygen atoms in total. The first-order valence-electron chi connectivity index (χ1n) is 14.9. The van der Waals surface area contributed by atoms with Gasteiger partial charge in [0.05, 0.1) is 30.6 Å². The Balaban J connectivity index is 1.04. The number of phosphoric acid groups is 1. The summed E-state index contributed by atoms with van der Waals surface area (Å²) in [5.41, 5.74) is 4.16. The van der Waals surface area contributed by atoms with Gasteiger partial charge in [0.2, 0.25) is 5.79 Å². The van der Waals surface area contributed by atoms with Gasteiger partial charge in [0, 0.05) is 49.0 Å². The monoisotopic (exact) mass is 685 g/mol. The van der Waals surface area contributed by atoms with Gasteiger partial charge in [0.25, 0.3) is 0 Å². The highest BCUT2D eigenvalue weighted by Crippen LogP contribution is 2.40. The number of phosphoric ester groups is 1. The summed E-state index contributed by atoms with van der Waals surface area (Å²) in [5.74, 6) is -0.187. The third-order valence-corrected chi connectivity index (χ3v) is 8.90. The Morgan fingerprint density at radius 1 is 1.07 bits per heavy atom. The van der Waals surface area contributed by atoms with Gasteiger partial charge in [0.15, 0.2) is 0 Å². The Labute approximate surface area is 277 Å². The van der Waals surface area contributed by atoms with Crippen molar-refractivity contribution < 1.29 is 33.1 Å². The fourth-order valence-electron chi connectivity index (χ4n) is 5.70. The molecule has 4 aromatic rings. The highest BCUT2D eigenvalue weighted by molar-refractivity contribution is 7.46. The van der Waals surface area contributed by atoms with Crippen molar-refractivity contribution in [1.29, 1.82) is 0 Å². The number of fused-ring (bicyclic) bond motifs is 1. The van der Waals surface area contributed by atoms with Crippen LogP contribution in [0.25, 0.3) is 6.08 Å². The van der Waals surface area contributed by atoms with Gasteiger partial charge in [-0.2, -0.15) is 0 Å². The van der Waals surface area contributed by atoms with Gasteiger partial charge in [-0.15, -0.1) is 0 Å². The third-order valence-electron chi connectivity index (χ3n) is 7.91. The second-order valence-corrected chi connectivity index (χ2v) is 13.3. The molecule has 3 heterocycles. The van der Waals surface area contributed by atoms with Crippen molar-refractivity contribution in [3.8, 4) is 11.5 Å². The Morgan fingerprint density at radius 3 is 2.65 bits per heavy atom. The minimum atomic E-state index is -4.56. The molecule has 2 aliphatic heterocycles. The lowest BCUT2D eigenvalue weighted by molar-refractivity contribution is -0.312. The first kappa shape index (κ1) is 32.7. The van der Waals surface area contributed by atoms with Crippen LogP contribution in [0.4, 0.5) is 0 Å². The normalized spacial score (nSPS) is 20.5. The molecule has 242 valence electrons. The summed E-state index contributed by atoms with van der Waals surface area (Å²) in [6, 6.07) is 18.2. The largest absolute Gasteiger partial charge is 0.524 e. The van der Waals surface area contributed by atoms with Gasteiger partial charge in [0.1, 0.15) is 18.1 Å². The number of rotatable bonds is 11. The first-order valence-corrected chi connectivity index (χ1v) is 17.1. The lowest BCUT2D eigenvalue weighted by Crippen LogP contribution is -2.47. The summed E-state index contributed by atoms with van der Waals surface area (Å²) in [7, 11) is -4.56. The van der Waals surface area contributed by atoms with E-state index in [1.54, 1.807) is 36.8 Å². The predicted octanol–water partition coefficient (Wildman–Crippen LogP) is 6.47. The Kier molecular flexibility index (Phi) is 10.2. The number of aromatic nitrogens is 2. The Hall–Kier alpha value is -3.18. The topological polar surface area (TPSA) is 116 Å². The second-order valence-electron chi connectivity index (χ2n) is 11.3. The first-order chi connectivity index (χ1) is 22.1. The molecule has 2 atom stereocenters. The van der Waals surface area contributed by atoms with Crippen molar-refractivity contribution in [3.05, 3.63) is 118 Å². The van der Waals surface area contributed by atoms with E-state index in [4.69, 9.17) is 47.2 Å². The van der Waals surface area contributed by atoms with Crippen molar-refractivity contribution in [1.82, 2.24) is 14.5 Å². The van der Waals surface area contributed by atoms with E-state index < -0.39 is 13.6 Å². The number of nitrogens with zero attached hydrogens (tertiary/aromatic N) is 3. The van der Waals surface area contributed by atoms with Crippen LogP contribution in [-0.4, -0.2) is 56.6 Å². The molecule has 3 aromatic carbocycles. The van der Waals surface area contributed by atoms with Gasteiger partial charge in [-0.05, 0) is 59.5 Å². The highest BCUT2D eigenvalue weighted by atomic mass is 35.5. The number of imidazole rings is 1. The lowest BCUT2D eigenvalue weighted by Gasteiger charge is -2.41. The van der Waals surface area contributed by atoms with Crippen LogP contribution in [0.2, 0.25) is 10.0 Å². The number of benzene rings is 3. The van der Waals surface area contributed by atoms with Gasteiger partial charge in [-0.1, -0.05) is 59.6 Å². The zero-order valence-corrected chi connectivity index (χ0v) is 27.3. The quantitative estimate of drug-likeness (QED) is 0.171. The molecule has 2 N–H and O–H groups in total. The smallest absolute Gasteiger partial charge is 0.491 e. The zero-order chi connectivity index (χ0) is 32.1. The maximum Gasteiger partial charge on any atom is 0.524 e. The number of hydrogen-bond donors (Lipinski definition) is 2. The molecule has 1 aromatic heterocycles. The maximum absolute atomic E-state index is 11.0. The van der Waals surface area contributed by atoms with Gasteiger partial charge in [-0.3, -0.25) is 14.7 Å².